The molecule has 0 radical (unpaired) electrons. The first-order valence-electron chi connectivity index (χ1n) is 18.3. The molecule has 0 aliphatic heterocycles. The number of fused-ring (bicyclic) bond motifs is 3. The van der Waals surface area contributed by atoms with Crippen LogP contribution in [0, 0.1) is 11.3 Å². The predicted molar refractivity (Wildman–Crippen MR) is 228 cm³/mol. The van der Waals surface area contributed by atoms with Gasteiger partial charge in [-0.25, -0.2) is 4.98 Å². The van der Waals surface area contributed by atoms with E-state index in [2.05, 4.69) is 120 Å². The highest BCUT2D eigenvalue weighted by atomic mass is 32.1. The summed E-state index contributed by atoms with van der Waals surface area (Å²) in [4.78, 5) is 10.6. The summed E-state index contributed by atoms with van der Waals surface area (Å²) in [5.74, 6) is 0.199. The van der Waals surface area contributed by atoms with Gasteiger partial charge in [0.2, 0.25) is 0 Å². The van der Waals surface area contributed by atoms with E-state index in [1.54, 1.807) is 23.6 Å². The minimum Gasteiger partial charge on any atom is -0.507 e. The zero-order valence-electron chi connectivity index (χ0n) is 31.4. The average molecular weight is 720 g/mol. The SMILES string of the molecule is CC(C)(C)c1ccc(O)c(C=Nc2c(-c3nc4c(-c5ccc(-c6ccc(C#N)cc6)c6ccccc56)cc(C(C)(C)C)cc4s3)ccc3ccccc23)c1. The predicted octanol–water partition coefficient (Wildman–Crippen LogP) is 13.5. The van der Waals surface area contributed by atoms with E-state index in [9.17, 15) is 10.4 Å². The van der Waals surface area contributed by atoms with E-state index in [0.717, 1.165) is 75.8 Å². The smallest absolute Gasteiger partial charge is 0.126 e. The molecule has 54 heavy (non-hydrogen) atoms. The highest BCUT2D eigenvalue weighted by molar-refractivity contribution is 7.21. The molecule has 1 aromatic heterocycles. The highest BCUT2D eigenvalue weighted by Crippen LogP contribution is 2.45. The fraction of sp³-hybridized carbons (Fsp3) is 0.163. The molecule has 8 rings (SSSR count). The van der Waals surface area contributed by atoms with Crippen LogP contribution in [0.25, 0.3) is 64.6 Å². The normalized spacial score (nSPS) is 12.2. The number of aromatic hydroxyl groups is 1. The molecule has 1 N–H and O–H groups in total. The van der Waals surface area contributed by atoms with Crippen LogP contribution in [0.5, 0.6) is 5.75 Å². The lowest BCUT2D eigenvalue weighted by Gasteiger charge is -2.21. The lowest BCUT2D eigenvalue weighted by molar-refractivity contribution is 0.473. The lowest BCUT2D eigenvalue weighted by Crippen LogP contribution is -2.11. The monoisotopic (exact) mass is 719 g/mol. The summed E-state index contributed by atoms with van der Waals surface area (Å²) in [6.07, 6.45) is 1.79. The fourth-order valence-electron chi connectivity index (χ4n) is 7.12. The number of thiazole rings is 1. The molecule has 0 spiro atoms. The molecule has 0 aliphatic carbocycles. The van der Waals surface area contributed by atoms with Crippen molar-refractivity contribution in [3.8, 4) is 44.6 Å². The first-order valence-corrected chi connectivity index (χ1v) is 19.1. The Hall–Kier alpha value is -6.09. The van der Waals surface area contributed by atoms with E-state index in [1.807, 2.05) is 48.5 Å². The summed E-state index contributed by atoms with van der Waals surface area (Å²) in [5.41, 5.74) is 10.7. The van der Waals surface area contributed by atoms with Crippen molar-refractivity contribution in [1.82, 2.24) is 4.98 Å². The van der Waals surface area contributed by atoms with Crippen molar-refractivity contribution in [2.45, 2.75) is 52.4 Å². The number of hydrogen-bond acceptors (Lipinski definition) is 5. The fourth-order valence-corrected chi connectivity index (χ4v) is 8.18. The second-order valence-corrected chi connectivity index (χ2v) is 17.0. The van der Waals surface area contributed by atoms with Gasteiger partial charge in [0.1, 0.15) is 10.8 Å². The van der Waals surface area contributed by atoms with Gasteiger partial charge in [0, 0.05) is 28.3 Å². The third kappa shape index (κ3) is 6.44. The molecule has 264 valence electrons. The summed E-state index contributed by atoms with van der Waals surface area (Å²) in [7, 11) is 0. The zero-order valence-corrected chi connectivity index (χ0v) is 32.2. The molecule has 0 saturated heterocycles. The number of phenols is 1. The van der Waals surface area contributed by atoms with Gasteiger partial charge in [-0.1, -0.05) is 126 Å². The topological polar surface area (TPSA) is 69.3 Å². The quantitative estimate of drug-likeness (QED) is 0.180. The maximum atomic E-state index is 10.9. The minimum absolute atomic E-state index is 0.0687. The van der Waals surface area contributed by atoms with Gasteiger partial charge < -0.3 is 5.11 Å². The van der Waals surface area contributed by atoms with Crippen molar-refractivity contribution < 1.29 is 5.11 Å². The number of aliphatic imine (C=N–C) groups is 1. The molecule has 4 nitrogen and oxygen atoms in total. The third-order valence-electron chi connectivity index (χ3n) is 10.3. The Morgan fingerprint density at radius 2 is 1.30 bits per heavy atom. The van der Waals surface area contributed by atoms with Crippen LogP contribution in [0.3, 0.4) is 0 Å². The van der Waals surface area contributed by atoms with Gasteiger partial charge in [-0.3, -0.25) is 4.99 Å². The lowest BCUT2D eigenvalue weighted by atomic mass is 9.84. The highest BCUT2D eigenvalue weighted by Gasteiger charge is 2.23. The molecule has 0 bridgehead atoms. The Kier molecular flexibility index (Phi) is 8.67. The third-order valence-corrected chi connectivity index (χ3v) is 11.3. The molecule has 1 heterocycles. The summed E-state index contributed by atoms with van der Waals surface area (Å²) in [6.45, 7) is 13.3. The Morgan fingerprint density at radius 1 is 0.648 bits per heavy atom. The molecule has 0 atom stereocenters. The first-order chi connectivity index (χ1) is 25.9. The van der Waals surface area contributed by atoms with Crippen LogP contribution in [0.4, 0.5) is 5.69 Å². The average Bonchev–Trinajstić information content (AvgIpc) is 3.60. The molecule has 0 saturated carbocycles. The number of aromatic nitrogens is 1. The minimum atomic E-state index is -0.0900. The number of nitriles is 1. The molecule has 7 aromatic carbocycles. The summed E-state index contributed by atoms with van der Waals surface area (Å²) in [5, 5.41) is 25.6. The van der Waals surface area contributed by atoms with E-state index >= 15 is 0 Å². The molecule has 0 unspecified atom stereocenters. The zero-order chi connectivity index (χ0) is 37.8. The van der Waals surface area contributed by atoms with Crippen LogP contribution in [0.15, 0.2) is 132 Å². The van der Waals surface area contributed by atoms with E-state index in [0.29, 0.717) is 11.1 Å². The van der Waals surface area contributed by atoms with Crippen LogP contribution >= 0.6 is 11.3 Å². The van der Waals surface area contributed by atoms with E-state index in [1.165, 1.54) is 5.56 Å². The van der Waals surface area contributed by atoms with Crippen molar-refractivity contribution in [3.63, 3.8) is 0 Å². The Balaban J connectivity index is 1.33. The Morgan fingerprint density at radius 3 is 2.00 bits per heavy atom. The van der Waals surface area contributed by atoms with Gasteiger partial charge >= 0.3 is 0 Å². The first kappa shape index (κ1) is 35.0. The molecular formula is C49H41N3OS. The molecule has 0 aliphatic rings. The van der Waals surface area contributed by atoms with Gasteiger partial charge in [0.25, 0.3) is 0 Å². The Bertz CT molecular complexity index is 2810. The molecule has 8 aromatic rings. The summed E-state index contributed by atoms with van der Waals surface area (Å²) in [6, 6.07) is 46.0. The van der Waals surface area contributed by atoms with Crippen molar-refractivity contribution in [3.05, 3.63) is 150 Å². The molecule has 0 fully saturated rings. The number of phenolic OH excluding ortho intramolecular Hbond substituents is 1. The van der Waals surface area contributed by atoms with Crippen LogP contribution in [0.2, 0.25) is 0 Å². The van der Waals surface area contributed by atoms with Crippen LogP contribution in [-0.2, 0) is 10.8 Å². The second-order valence-electron chi connectivity index (χ2n) is 16.0. The number of rotatable bonds is 5. The van der Waals surface area contributed by atoms with Crippen LogP contribution in [0.1, 0.15) is 63.8 Å². The van der Waals surface area contributed by atoms with Gasteiger partial charge in [-0.2, -0.15) is 5.26 Å². The van der Waals surface area contributed by atoms with E-state index in [-0.39, 0.29) is 16.6 Å². The molecular weight excluding hydrogens is 679 g/mol. The van der Waals surface area contributed by atoms with Crippen molar-refractivity contribution in [2.75, 3.05) is 0 Å². The largest absolute Gasteiger partial charge is 0.507 e. The van der Waals surface area contributed by atoms with Gasteiger partial charge in [0.05, 0.1) is 27.5 Å². The van der Waals surface area contributed by atoms with E-state index < -0.39 is 0 Å². The van der Waals surface area contributed by atoms with Crippen molar-refractivity contribution in [1.29, 1.82) is 5.26 Å². The van der Waals surface area contributed by atoms with Crippen LogP contribution in [-0.4, -0.2) is 16.3 Å². The van der Waals surface area contributed by atoms with Crippen molar-refractivity contribution >= 4 is 55.0 Å². The standard InChI is InChI=1S/C49H41N3OS/c1-48(2,3)34-20-24-43(53)33(25-34)29-51-45-37-12-8-7-11-31(37)19-21-41(45)47-52-46-42(26-35(49(4,5)6)27-44(46)54-47)40-23-22-36(38-13-9-10-14-39(38)40)32-17-15-30(28-50)16-18-32/h7-27,29,53H,1-6H3. The second kappa shape index (κ2) is 13.4. The maximum absolute atomic E-state index is 10.9. The maximum Gasteiger partial charge on any atom is 0.126 e. The van der Waals surface area contributed by atoms with Crippen LogP contribution < -0.4 is 0 Å². The number of hydrogen-bond donors (Lipinski definition) is 1. The number of benzene rings is 7. The van der Waals surface area contributed by atoms with Gasteiger partial charge in [-0.05, 0) is 97.3 Å². The van der Waals surface area contributed by atoms with E-state index in [4.69, 9.17) is 9.98 Å². The Labute approximate surface area is 320 Å². The van der Waals surface area contributed by atoms with Gasteiger partial charge in [0.15, 0.2) is 0 Å². The van der Waals surface area contributed by atoms with Crippen molar-refractivity contribution in [2.24, 2.45) is 4.99 Å². The van der Waals surface area contributed by atoms with Gasteiger partial charge in [-0.15, -0.1) is 11.3 Å². The summed E-state index contributed by atoms with van der Waals surface area (Å²) < 4.78 is 1.12. The summed E-state index contributed by atoms with van der Waals surface area (Å²) >= 11 is 1.69. The molecule has 0 amide bonds. The number of nitrogens with zero attached hydrogens (tertiary/aromatic N) is 3. The molecule has 5 heteroatoms.